The number of carbonyl (C=O) groups excluding carboxylic acids is 1. The molecule has 0 aliphatic heterocycles. The molecule has 4 N–H and O–H groups in total. The molecule has 0 fully saturated rings. The van der Waals surface area contributed by atoms with Crippen molar-refractivity contribution in [2.24, 2.45) is 0 Å². The van der Waals surface area contributed by atoms with Gasteiger partial charge in [0.15, 0.2) is 0 Å². The molecule has 0 radical (unpaired) electrons. The standard InChI is InChI=1S/C10H22N2O4/c1-10(7-13,8-14)12-6-9(15)11-4-3-5-16-2/h12-14H,3-8H2,1-2H3,(H,11,15). The van der Waals surface area contributed by atoms with E-state index in [2.05, 4.69) is 10.6 Å². The summed E-state index contributed by atoms with van der Waals surface area (Å²) in [4.78, 5) is 11.3. The zero-order valence-corrected chi connectivity index (χ0v) is 9.95. The average Bonchev–Trinajstić information content (AvgIpc) is 2.31. The van der Waals surface area contributed by atoms with Crippen LogP contribution in [0.5, 0.6) is 0 Å². The van der Waals surface area contributed by atoms with Crippen molar-refractivity contribution in [1.82, 2.24) is 10.6 Å². The molecule has 0 aromatic heterocycles. The molecule has 6 heteroatoms. The number of aliphatic hydroxyl groups is 2. The SMILES string of the molecule is COCCCNC(=O)CNC(C)(CO)CO. The van der Waals surface area contributed by atoms with Gasteiger partial charge in [0.1, 0.15) is 0 Å². The van der Waals surface area contributed by atoms with Crippen LogP contribution in [0.3, 0.4) is 0 Å². The van der Waals surface area contributed by atoms with E-state index in [0.717, 1.165) is 6.42 Å². The first kappa shape index (κ1) is 15.3. The molecule has 0 aliphatic carbocycles. The highest BCUT2D eigenvalue weighted by atomic mass is 16.5. The lowest BCUT2D eigenvalue weighted by Crippen LogP contribution is -2.52. The Balaban J connectivity index is 3.64. The molecule has 96 valence electrons. The van der Waals surface area contributed by atoms with Gasteiger partial charge in [-0.15, -0.1) is 0 Å². The van der Waals surface area contributed by atoms with Gasteiger partial charge < -0.3 is 20.3 Å². The van der Waals surface area contributed by atoms with Gasteiger partial charge in [0.2, 0.25) is 5.91 Å². The Hall–Kier alpha value is -0.690. The number of ether oxygens (including phenoxy) is 1. The summed E-state index contributed by atoms with van der Waals surface area (Å²) in [7, 11) is 1.61. The zero-order valence-electron chi connectivity index (χ0n) is 9.95. The van der Waals surface area contributed by atoms with Crippen molar-refractivity contribution in [1.29, 1.82) is 0 Å². The van der Waals surface area contributed by atoms with Gasteiger partial charge in [0.25, 0.3) is 0 Å². The summed E-state index contributed by atoms with van der Waals surface area (Å²) in [5.41, 5.74) is -0.816. The second-order valence-electron chi connectivity index (χ2n) is 3.93. The van der Waals surface area contributed by atoms with Crippen LogP contribution in [0.25, 0.3) is 0 Å². The first-order valence-corrected chi connectivity index (χ1v) is 5.30. The number of hydrogen-bond donors (Lipinski definition) is 4. The third-order valence-electron chi connectivity index (χ3n) is 2.22. The van der Waals surface area contributed by atoms with E-state index in [4.69, 9.17) is 14.9 Å². The zero-order chi connectivity index (χ0) is 12.4. The fraction of sp³-hybridized carbons (Fsp3) is 0.900. The summed E-state index contributed by atoms with van der Waals surface area (Å²) in [6, 6.07) is 0. The Bertz CT molecular complexity index is 195. The van der Waals surface area contributed by atoms with Crippen LogP contribution >= 0.6 is 0 Å². The van der Waals surface area contributed by atoms with Crippen LogP contribution in [0.1, 0.15) is 13.3 Å². The lowest BCUT2D eigenvalue weighted by Gasteiger charge is -2.25. The third kappa shape index (κ3) is 6.73. The van der Waals surface area contributed by atoms with E-state index in [1.165, 1.54) is 0 Å². The number of methoxy groups -OCH3 is 1. The summed E-state index contributed by atoms with van der Waals surface area (Å²) in [5, 5.41) is 23.4. The Morgan fingerprint density at radius 1 is 1.38 bits per heavy atom. The molecule has 0 unspecified atom stereocenters. The lowest BCUT2D eigenvalue weighted by atomic mass is 10.1. The lowest BCUT2D eigenvalue weighted by molar-refractivity contribution is -0.120. The van der Waals surface area contributed by atoms with Crippen molar-refractivity contribution >= 4 is 5.91 Å². The van der Waals surface area contributed by atoms with E-state index in [9.17, 15) is 4.79 Å². The van der Waals surface area contributed by atoms with Crippen molar-refractivity contribution in [2.45, 2.75) is 18.9 Å². The van der Waals surface area contributed by atoms with E-state index < -0.39 is 5.54 Å². The number of aliphatic hydroxyl groups excluding tert-OH is 2. The molecule has 0 aromatic carbocycles. The first-order chi connectivity index (χ1) is 7.58. The number of nitrogens with one attached hydrogen (secondary N) is 2. The summed E-state index contributed by atoms with van der Waals surface area (Å²) in [5.74, 6) is -0.163. The van der Waals surface area contributed by atoms with Crippen LogP contribution in [-0.4, -0.2) is 61.7 Å². The van der Waals surface area contributed by atoms with Gasteiger partial charge in [-0.2, -0.15) is 0 Å². The predicted octanol–water partition coefficient (Wildman–Crippen LogP) is -1.53. The molecule has 0 aliphatic rings. The smallest absolute Gasteiger partial charge is 0.233 e. The van der Waals surface area contributed by atoms with E-state index in [1.807, 2.05) is 0 Å². The third-order valence-corrected chi connectivity index (χ3v) is 2.22. The van der Waals surface area contributed by atoms with Crippen LogP contribution in [-0.2, 0) is 9.53 Å². The minimum atomic E-state index is -0.816. The molecule has 0 bridgehead atoms. The highest BCUT2D eigenvalue weighted by Crippen LogP contribution is 1.99. The normalized spacial score (nSPS) is 11.5. The first-order valence-electron chi connectivity index (χ1n) is 5.30. The van der Waals surface area contributed by atoms with E-state index in [1.54, 1.807) is 14.0 Å². The highest BCUT2D eigenvalue weighted by Gasteiger charge is 2.22. The van der Waals surface area contributed by atoms with Crippen LogP contribution in [0, 0.1) is 0 Å². The number of hydrogen-bond acceptors (Lipinski definition) is 5. The summed E-state index contributed by atoms with van der Waals surface area (Å²) in [6.45, 7) is 2.44. The van der Waals surface area contributed by atoms with Crippen LogP contribution < -0.4 is 10.6 Å². The summed E-state index contributed by atoms with van der Waals surface area (Å²) in [6.07, 6.45) is 0.763. The minimum Gasteiger partial charge on any atom is -0.394 e. The molecule has 0 atom stereocenters. The van der Waals surface area contributed by atoms with Gasteiger partial charge in [-0.3, -0.25) is 10.1 Å². The molecular weight excluding hydrogens is 212 g/mol. The number of carbonyl (C=O) groups is 1. The van der Waals surface area contributed by atoms with Crippen LogP contribution in [0.4, 0.5) is 0 Å². The van der Waals surface area contributed by atoms with Crippen LogP contribution in [0.2, 0.25) is 0 Å². The molecule has 0 saturated carbocycles. The number of rotatable bonds is 9. The molecule has 16 heavy (non-hydrogen) atoms. The molecule has 0 aromatic rings. The highest BCUT2D eigenvalue weighted by molar-refractivity contribution is 5.78. The maximum atomic E-state index is 11.3. The summed E-state index contributed by atoms with van der Waals surface area (Å²) < 4.78 is 4.84. The largest absolute Gasteiger partial charge is 0.394 e. The maximum absolute atomic E-state index is 11.3. The number of amides is 1. The quantitative estimate of drug-likeness (QED) is 0.363. The van der Waals surface area contributed by atoms with Crippen molar-refractivity contribution < 1.29 is 19.7 Å². The predicted molar refractivity (Wildman–Crippen MR) is 60.1 cm³/mol. The van der Waals surface area contributed by atoms with Gasteiger partial charge in [-0.1, -0.05) is 0 Å². The molecule has 0 saturated heterocycles. The molecule has 6 nitrogen and oxygen atoms in total. The van der Waals surface area contributed by atoms with E-state index in [-0.39, 0.29) is 25.7 Å². The van der Waals surface area contributed by atoms with Crippen molar-refractivity contribution in [3.05, 3.63) is 0 Å². The van der Waals surface area contributed by atoms with Gasteiger partial charge in [-0.25, -0.2) is 0 Å². The van der Waals surface area contributed by atoms with Crippen molar-refractivity contribution in [2.75, 3.05) is 40.0 Å². The second-order valence-corrected chi connectivity index (χ2v) is 3.93. The Morgan fingerprint density at radius 2 is 2.00 bits per heavy atom. The molecular formula is C10H22N2O4. The topological polar surface area (TPSA) is 90.8 Å². The van der Waals surface area contributed by atoms with Gasteiger partial charge >= 0.3 is 0 Å². The van der Waals surface area contributed by atoms with E-state index in [0.29, 0.717) is 13.2 Å². The molecule has 0 heterocycles. The average molecular weight is 234 g/mol. The minimum absolute atomic E-state index is 0.0740. The summed E-state index contributed by atoms with van der Waals surface area (Å²) >= 11 is 0. The Kier molecular flexibility index (Phi) is 8.10. The maximum Gasteiger partial charge on any atom is 0.233 e. The Labute approximate surface area is 96.0 Å². The van der Waals surface area contributed by atoms with Gasteiger partial charge in [0, 0.05) is 20.3 Å². The fourth-order valence-corrected chi connectivity index (χ4v) is 0.962. The van der Waals surface area contributed by atoms with E-state index >= 15 is 0 Å². The van der Waals surface area contributed by atoms with Gasteiger partial charge in [-0.05, 0) is 13.3 Å². The molecule has 0 rings (SSSR count). The van der Waals surface area contributed by atoms with Crippen molar-refractivity contribution in [3.8, 4) is 0 Å². The second kappa shape index (κ2) is 8.46. The van der Waals surface area contributed by atoms with Gasteiger partial charge in [0.05, 0.1) is 25.3 Å². The molecule has 1 amide bonds. The Morgan fingerprint density at radius 3 is 2.50 bits per heavy atom. The monoisotopic (exact) mass is 234 g/mol. The van der Waals surface area contributed by atoms with Crippen molar-refractivity contribution in [3.63, 3.8) is 0 Å². The fourth-order valence-electron chi connectivity index (χ4n) is 0.962. The van der Waals surface area contributed by atoms with Crippen LogP contribution in [0.15, 0.2) is 0 Å². The molecule has 0 spiro atoms.